The zero-order valence-electron chi connectivity index (χ0n) is 8.40. The maximum Gasteiger partial charge on any atom is 0.253 e. The summed E-state index contributed by atoms with van der Waals surface area (Å²) in [5.74, 6) is 0.502. The molecule has 0 spiro atoms. The molecule has 0 aromatic heterocycles. The Morgan fingerprint density at radius 3 is 2.53 bits per heavy atom. The van der Waals surface area contributed by atoms with Gasteiger partial charge in [-0.3, -0.25) is 4.79 Å². The summed E-state index contributed by atoms with van der Waals surface area (Å²) in [5.41, 5.74) is 2.68. The first-order chi connectivity index (χ1) is 7.20. The highest BCUT2D eigenvalue weighted by molar-refractivity contribution is 6.17. The molecule has 0 atom stereocenters. The molecular formula is C11H11ClN2O. The van der Waals surface area contributed by atoms with Gasteiger partial charge in [-0.05, 0) is 24.6 Å². The third kappa shape index (κ3) is 2.02. The summed E-state index contributed by atoms with van der Waals surface area (Å²) in [7, 11) is 0. The first-order valence-electron chi connectivity index (χ1n) is 4.72. The first-order valence-corrected chi connectivity index (χ1v) is 5.26. The molecule has 0 fully saturated rings. The molecule has 0 aliphatic carbocycles. The van der Waals surface area contributed by atoms with Crippen molar-refractivity contribution in [2.75, 3.05) is 5.01 Å². The van der Waals surface area contributed by atoms with Crippen LogP contribution >= 0.6 is 11.6 Å². The SMILES string of the molecule is CC1=NN(c2ccc(CCl)cc2)C(=O)C1. The Morgan fingerprint density at radius 1 is 1.40 bits per heavy atom. The van der Waals surface area contributed by atoms with E-state index in [0.717, 1.165) is 17.0 Å². The first kappa shape index (κ1) is 10.2. The van der Waals surface area contributed by atoms with Crippen molar-refractivity contribution in [2.45, 2.75) is 19.2 Å². The molecule has 15 heavy (non-hydrogen) atoms. The fourth-order valence-electron chi connectivity index (χ4n) is 1.48. The summed E-state index contributed by atoms with van der Waals surface area (Å²) in [6.07, 6.45) is 0.414. The van der Waals surface area contributed by atoms with Crippen molar-refractivity contribution in [2.24, 2.45) is 5.10 Å². The quantitative estimate of drug-likeness (QED) is 0.708. The van der Waals surface area contributed by atoms with Gasteiger partial charge in [0, 0.05) is 11.6 Å². The molecular weight excluding hydrogens is 212 g/mol. The fraction of sp³-hybridized carbons (Fsp3) is 0.273. The Kier molecular flexibility index (Phi) is 2.73. The van der Waals surface area contributed by atoms with Gasteiger partial charge in [0.25, 0.3) is 5.91 Å². The highest BCUT2D eigenvalue weighted by Crippen LogP contribution is 2.21. The molecule has 1 heterocycles. The lowest BCUT2D eigenvalue weighted by molar-refractivity contribution is -0.116. The van der Waals surface area contributed by atoms with Crippen LogP contribution in [-0.2, 0) is 10.7 Å². The van der Waals surface area contributed by atoms with E-state index in [2.05, 4.69) is 5.10 Å². The average Bonchev–Trinajstić information content (AvgIpc) is 2.58. The second kappa shape index (κ2) is 4.03. The average molecular weight is 223 g/mol. The van der Waals surface area contributed by atoms with Crippen LogP contribution in [0.1, 0.15) is 18.9 Å². The Labute approximate surface area is 93.3 Å². The highest BCUT2D eigenvalue weighted by Gasteiger charge is 2.22. The number of rotatable bonds is 2. The molecule has 1 aromatic rings. The lowest BCUT2D eigenvalue weighted by Gasteiger charge is -2.11. The highest BCUT2D eigenvalue weighted by atomic mass is 35.5. The van der Waals surface area contributed by atoms with Gasteiger partial charge in [0.05, 0.1) is 12.1 Å². The molecule has 4 heteroatoms. The van der Waals surface area contributed by atoms with Gasteiger partial charge in [0.15, 0.2) is 0 Å². The summed E-state index contributed by atoms with van der Waals surface area (Å²) < 4.78 is 0. The third-order valence-corrected chi connectivity index (χ3v) is 2.56. The summed E-state index contributed by atoms with van der Waals surface area (Å²) in [5, 5.41) is 5.60. The van der Waals surface area contributed by atoms with E-state index < -0.39 is 0 Å². The standard InChI is InChI=1S/C11H11ClN2O/c1-8-6-11(15)14(13-8)10-4-2-9(7-12)3-5-10/h2-5H,6-7H2,1H3. The van der Waals surface area contributed by atoms with Crippen LogP contribution in [0.15, 0.2) is 29.4 Å². The molecule has 1 amide bonds. The Morgan fingerprint density at radius 2 is 2.07 bits per heavy atom. The molecule has 1 aromatic carbocycles. The van der Waals surface area contributed by atoms with Crippen LogP contribution in [0.4, 0.5) is 5.69 Å². The van der Waals surface area contributed by atoms with Gasteiger partial charge >= 0.3 is 0 Å². The Hall–Kier alpha value is -1.35. The van der Waals surface area contributed by atoms with E-state index in [1.165, 1.54) is 5.01 Å². The zero-order valence-corrected chi connectivity index (χ0v) is 9.16. The van der Waals surface area contributed by atoms with Crippen LogP contribution in [0, 0.1) is 0 Å². The molecule has 1 aliphatic rings. The van der Waals surface area contributed by atoms with Crippen LogP contribution in [-0.4, -0.2) is 11.6 Å². The van der Waals surface area contributed by atoms with Crippen LogP contribution in [0.3, 0.4) is 0 Å². The van der Waals surface area contributed by atoms with E-state index in [0.29, 0.717) is 12.3 Å². The number of amides is 1. The molecule has 0 radical (unpaired) electrons. The van der Waals surface area contributed by atoms with Crippen molar-refractivity contribution < 1.29 is 4.79 Å². The van der Waals surface area contributed by atoms with E-state index >= 15 is 0 Å². The van der Waals surface area contributed by atoms with Crippen molar-refractivity contribution in [3.63, 3.8) is 0 Å². The van der Waals surface area contributed by atoms with E-state index in [-0.39, 0.29) is 5.91 Å². The summed E-state index contributed by atoms with van der Waals surface area (Å²) in [6, 6.07) is 7.52. The summed E-state index contributed by atoms with van der Waals surface area (Å²) in [6.45, 7) is 1.85. The second-order valence-electron chi connectivity index (χ2n) is 3.52. The summed E-state index contributed by atoms with van der Waals surface area (Å²) in [4.78, 5) is 11.5. The van der Waals surface area contributed by atoms with Gasteiger partial charge < -0.3 is 0 Å². The van der Waals surface area contributed by atoms with E-state index in [9.17, 15) is 4.79 Å². The number of hydrogen-bond acceptors (Lipinski definition) is 2. The van der Waals surface area contributed by atoms with E-state index in [1.54, 1.807) is 0 Å². The van der Waals surface area contributed by atoms with Crippen LogP contribution in [0.5, 0.6) is 0 Å². The largest absolute Gasteiger partial charge is 0.272 e. The van der Waals surface area contributed by atoms with Gasteiger partial charge in [-0.1, -0.05) is 12.1 Å². The minimum Gasteiger partial charge on any atom is -0.272 e. The topological polar surface area (TPSA) is 32.7 Å². The van der Waals surface area contributed by atoms with Gasteiger partial charge in [-0.2, -0.15) is 5.10 Å². The molecule has 0 bridgehead atoms. The van der Waals surface area contributed by atoms with Crippen LogP contribution in [0.2, 0.25) is 0 Å². The predicted molar refractivity (Wildman–Crippen MR) is 61.2 cm³/mol. The number of halogens is 1. The molecule has 0 saturated carbocycles. The van der Waals surface area contributed by atoms with Gasteiger partial charge in [-0.15, -0.1) is 11.6 Å². The zero-order chi connectivity index (χ0) is 10.8. The second-order valence-corrected chi connectivity index (χ2v) is 3.78. The predicted octanol–water partition coefficient (Wildman–Crippen LogP) is 2.54. The number of carbonyl (C=O) groups excluding carboxylic acids is 1. The lowest BCUT2D eigenvalue weighted by atomic mass is 10.2. The van der Waals surface area contributed by atoms with Crippen molar-refractivity contribution in [3.8, 4) is 0 Å². The number of anilines is 1. The van der Waals surface area contributed by atoms with E-state index in [1.807, 2.05) is 31.2 Å². The number of hydrogen-bond donors (Lipinski definition) is 0. The van der Waals surface area contributed by atoms with E-state index in [4.69, 9.17) is 11.6 Å². The Balaban J connectivity index is 2.26. The van der Waals surface area contributed by atoms with Crippen LogP contribution < -0.4 is 5.01 Å². The number of hydrazone groups is 1. The van der Waals surface area contributed by atoms with Crippen molar-refractivity contribution in [1.29, 1.82) is 0 Å². The number of alkyl halides is 1. The smallest absolute Gasteiger partial charge is 0.253 e. The van der Waals surface area contributed by atoms with Gasteiger partial charge in [0.2, 0.25) is 0 Å². The van der Waals surface area contributed by atoms with Crippen molar-refractivity contribution in [1.82, 2.24) is 0 Å². The van der Waals surface area contributed by atoms with Crippen LogP contribution in [0.25, 0.3) is 0 Å². The lowest BCUT2D eigenvalue weighted by Crippen LogP contribution is -2.19. The normalized spacial score (nSPS) is 15.7. The third-order valence-electron chi connectivity index (χ3n) is 2.25. The molecule has 0 saturated heterocycles. The number of carbonyl (C=O) groups is 1. The molecule has 1 aliphatic heterocycles. The van der Waals surface area contributed by atoms with Crippen molar-refractivity contribution in [3.05, 3.63) is 29.8 Å². The minimum absolute atomic E-state index is 0.0196. The monoisotopic (exact) mass is 222 g/mol. The maximum absolute atomic E-state index is 11.5. The minimum atomic E-state index is 0.0196. The molecule has 78 valence electrons. The summed E-state index contributed by atoms with van der Waals surface area (Å²) >= 11 is 5.68. The van der Waals surface area contributed by atoms with Gasteiger partial charge in [0.1, 0.15) is 0 Å². The number of benzene rings is 1. The Bertz CT molecular complexity index is 411. The van der Waals surface area contributed by atoms with Crippen molar-refractivity contribution >= 4 is 28.9 Å². The fourth-order valence-corrected chi connectivity index (χ4v) is 1.66. The maximum atomic E-state index is 11.5. The molecule has 0 unspecified atom stereocenters. The molecule has 3 nitrogen and oxygen atoms in total. The number of nitrogens with zero attached hydrogens (tertiary/aromatic N) is 2. The molecule has 0 N–H and O–H groups in total. The molecule has 2 rings (SSSR count). The van der Waals surface area contributed by atoms with Gasteiger partial charge in [-0.25, -0.2) is 5.01 Å².